The summed E-state index contributed by atoms with van der Waals surface area (Å²) in [6.45, 7) is 1.91. The summed E-state index contributed by atoms with van der Waals surface area (Å²) >= 11 is 0. The molecule has 0 saturated carbocycles. The Hall–Kier alpha value is -2.89. The summed E-state index contributed by atoms with van der Waals surface area (Å²) in [5, 5.41) is 11.1. The fraction of sp³-hybridized carbons (Fsp3) is 0.429. The van der Waals surface area contributed by atoms with Crippen molar-refractivity contribution in [2.24, 2.45) is 5.92 Å². The number of methoxy groups -OCH3 is 1. The molecule has 1 aliphatic heterocycles. The van der Waals surface area contributed by atoms with E-state index < -0.39 is 15.9 Å². The molecule has 0 spiro atoms. The van der Waals surface area contributed by atoms with E-state index in [0.29, 0.717) is 44.6 Å². The Kier molecular flexibility index (Phi) is 6.77. The molecule has 3 heterocycles. The lowest BCUT2D eigenvalue weighted by molar-refractivity contribution is -0.126. The van der Waals surface area contributed by atoms with E-state index in [-0.39, 0.29) is 17.3 Å². The largest absolute Gasteiger partial charge is 0.383 e. The Bertz CT molecular complexity index is 1180. The molecule has 0 unspecified atom stereocenters. The summed E-state index contributed by atoms with van der Waals surface area (Å²) in [6, 6.07) is 8.50. The number of carbonyl (C=O) groups is 1. The van der Waals surface area contributed by atoms with E-state index in [9.17, 15) is 13.2 Å². The Morgan fingerprint density at radius 1 is 1.31 bits per heavy atom. The number of sulfonamides is 1. The maximum Gasteiger partial charge on any atom is 0.243 e. The molecule has 1 saturated heterocycles. The van der Waals surface area contributed by atoms with Gasteiger partial charge < -0.3 is 10.1 Å². The molecule has 0 aliphatic carbocycles. The Morgan fingerprint density at radius 2 is 2.19 bits per heavy atom. The summed E-state index contributed by atoms with van der Waals surface area (Å²) in [7, 11) is -2.15. The number of rotatable bonds is 8. The zero-order valence-corrected chi connectivity index (χ0v) is 18.7. The molecule has 4 rings (SSSR count). The molecule has 170 valence electrons. The van der Waals surface area contributed by atoms with Crippen LogP contribution in [0.4, 0.5) is 0 Å². The van der Waals surface area contributed by atoms with Crippen molar-refractivity contribution >= 4 is 27.0 Å². The summed E-state index contributed by atoms with van der Waals surface area (Å²) in [4.78, 5) is 16.8. The van der Waals surface area contributed by atoms with Gasteiger partial charge in [-0.3, -0.25) is 9.78 Å². The molecule has 1 N–H and O–H groups in total. The van der Waals surface area contributed by atoms with Crippen LogP contribution in [0, 0.1) is 5.92 Å². The molecular formula is C21H26N6O4S. The molecule has 1 fully saturated rings. The van der Waals surface area contributed by atoms with Gasteiger partial charge in [-0.25, -0.2) is 13.1 Å². The molecule has 1 atom stereocenters. The molecule has 32 heavy (non-hydrogen) atoms. The Balaban J connectivity index is 1.45. The summed E-state index contributed by atoms with van der Waals surface area (Å²) in [5.74, 6) is -0.542. The maximum atomic E-state index is 13.3. The zero-order chi connectivity index (χ0) is 22.6. The topological polar surface area (TPSA) is 119 Å². The van der Waals surface area contributed by atoms with Crippen LogP contribution in [0.5, 0.6) is 0 Å². The number of aromatic nitrogens is 4. The van der Waals surface area contributed by atoms with Crippen LogP contribution in [-0.4, -0.2) is 65.4 Å². The molecule has 11 heteroatoms. The lowest BCUT2D eigenvalue weighted by atomic mass is 9.99. The van der Waals surface area contributed by atoms with Crippen LogP contribution in [0.3, 0.4) is 0 Å². The smallest absolute Gasteiger partial charge is 0.243 e. The third kappa shape index (κ3) is 4.79. The number of hydrogen-bond donors (Lipinski definition) is 1. The highest BCUT2D eigenvalue weighted by molar-refractivity contribution is 7.89. The molecule has 0 bridgehead atoms. The number of carbonyl (C=O) groups excluding carboxylic acids is 1. The Labute approximate surface area is 186 Å². The second-order valence-electron chi connectivity index (χ2n) is 7.74. The van der Waals surface area contributed by atoms with Gasteiger partial charge in [-0.15, -0.1) is 5.10 Å². The quantitative estimate of drug-likeness (QED) is 0.538. The minimum absolute atomic E-state index is 0.148. The first-order valence-electron chi connectivity index (χ1n) is 10.5. The first-order chi connectivity index (χ1) is 15.5. The number of piperidine rings is 1. The third-order valence-corrected chi connectivity index (χ3v) is 7.44. The number of fused-ring (bicyclic) bond motifs is 1. The predicted molar refractivity (Wildman–Crippen MR) is 117 cm³/mol. The van der Waals surface area contributed by atoms with Crippen LogP contribution in [0.25, 0.3) is 11.0 Å². The van der Waals surface area contributed by atoms with Crippen molar-refractivity contribution in [3.63, 3.8) is 0 Å². The van der Waals surface area contributed by atoms with Gasteiger partial charge in [0.25, 0.3) is 0 Å². The maximum absolute atomic E-state index is 13.3. The molecule has 10 nitrogen and oxygen atoms in total. The van der Waals surface area contributed by atoms with Crippen molar-refractivity contribution in [3.8, 4) is 0 Å². The van der Waals surface area contributed by atoms with Crippen molar-refractivity contribution in [1.82, 2.24) is 29.6 Å². The van der Waals surface area contributed by atoms with Gasteiger partial charge in [0, 0.05) is 39.1 Å². The van der Waals surface area contributed by atoms with Gasteiger partial charge >= 0.3 is 0 Å². The lowest BCUT2D eigenvalue weighted by Crippen LogP contribution is -2.45. The SMILES string of the molecule is COCCn1nnc2cc(S(=O)(=O)N3CCC[C@@H](C(=O)NCc4cccnc4)C3)ccc21. The third-order valence-electron chi connectivity index (χ3n) is 5.57. The molecule has 1 aliphatic rings. The van der Waals surface area contributed by atoms with Gasteiger partial charge in [0.1, 0.15) is 5.52 Å². The minimum atomic E-state index is -3.75. The number of nitrogens with zero attached hydrogens (tertiary/aromatic N) is 5. The van der Waals surface area contributed by atoms with Crippen LogP contribution >= 0.6 is 0 Å². The van der Waals surface area contributed by atoms with Crippen molar-refractivity contribution in [3.05, 3.63) is 48.3 Å². The number of hydrogen-bond acceptors (Lipinski definition) is 7. The Morgan fingerprint density at radius 3 is 2.97 bits per heavy atom. The summed E-state index contributed by atoms with van der Waals surface area (Å²) in [5.41, 5.74) is 2.14. The number of ether oxygens (including phenoxy) is 1. The first-order valence-corrected chi connectivity index (χ1v) is 11.9. The van der Waals surface area contributed by atoms with Gasteiger partial charge in [0.05, 0.1) is 29.5 Å². The highest BCUT2D eigenvalue weighted by Gasteiger charge is 2.33. The fourth-order valence-corrected chi connectivity index (χ4v) is 5.36. The van der Waals surface area contributed by atoms with E-state index in [1.54, 1.807) is 36.3 Å². The number of pyridine rings is 1. The number of nitrogens with one attached hydrogen (secondary N) is 1. The fourth-order valence-electron chi connectivity index (χ4n) is 3.82. The lowest BCUT2D eigenvalue weighted by Gasteiger charge is -2.31. The van der Waals surface area contributed by atoms with E-state index in [2.05, 4.69) is 20.6 Å². The van der Waals surface area contributed by atoms with Crippen LogP contribution in [0.2, 0.25) is 0 Å². The van der Waals surface area contributed by atoms with E-state index >= 15 is 0 Å². The van der Waals surface area contributed by atoms with Crippen molar-refractivity contribution in [1.29, 1.82) is 0 Å². The number of amides is 1. The van der Waals surface area contributed by atoms with Crippen LogP contribution in [0.1, 0.15) is 18.4 Å². The van der Waals surface area contributed by atoms with Gasteiger partial charge in [0.2, 0.25) is 15.9 Å². The zero-order valence-electron chi connectivity index (χ0n) is 17.8. The standard InChI is InChI=1S/C21H26N6O4S/c1-31-11-10-27-20-7-6-18(12-19(20)24-25-27)32(29,30)26-9-3-5-17(15-26)21(28)23-14-16-4-2-8-22-13-16/h2,4,6-8,12-13,17H,3,5,9-11,14-15H2,1H3,(H,23,28)/t17-/m1/s1. The molecule has 2 aromatic heterocycles. The highest BCUT2D eigenvalue weighted by Crippen LogP contribution is 2.26. The average Bonchev–Trinajstić information content (AvgIpc) is 3.24. The van der Waals surface area contributed by atoms with Crippen LogP contribution in [-0.2, 0) is 32.6 Å². The van der Waals surface area contributed by atoms with Crippen molar-refractivity contribution in [2.45, 2.75) is 30.8 Å². The van der Waals surface area contributed by atoms with Crippen LogP contribution < -0.4 is 5.32 Å². The molecular weight excluding hydrogens is 432 g/mol. The second-order valence-corrected chi connectivity index (χ2v) is 9.68. The van der Waals surface area contributed by atoms with Gasteiger partial charge in [-0.2, -0.15) is 4.31 Å². The molecule has 3 aromatic rings. The van der Waals surface area contributed by atoms with E-state index in [1.807, 2.05) is 12.1 Å². The highest BCUT2D eigenvalue weighted by atomic mass is 32.2. The van der Waals surface area contributed by atoms with Gasteiger partial charge in [0.15, 0.2) is 0 Å². The van der Waals surface area contributed by atoms with Gasteiger partial charge in [-0.05, 0) is 42.7 Å². The molecule has 0 radical (unpaired) electrons. The van der Waals surface area contributed by atoms with E-state index in [0.717, 1.165) is 11.1 Å². The minimum Gasteiger partial charge on any atom is -0.383 e. The first kappa shape index (κ1) is 22.3. The van der Waals surface area contributed by atoms with Crippen LogP contribution in [0.15, 0.2) is 47.6 Å². The van der Waals surface area contributed by atoms with Crippen molar-refractivity contribution < 1.29 is 17.9 Å². The van der Waals surface area contributed by atoms with E-state index in [1.165, 1.54) is 10.4 Å². The molecule has 1 aromatic carbocycles. The summed E-state index contributed by atoms with van der Waals surface area (Å²) < 4.78 is 34.7. The van der Waals surface area contributed by atoms with Crippen molar-refractivity contribution in [2.75, 3.05) is 26.8 Å². The average molecular weight is 459 g/mol. The summed E-state index contributed by atoms with van der Waals surface area (Å²) in [6.07, 6.45) is 4.64. The number of benzene rings is 1. The van der Waals surface area contributed by atoms with Gasteiger partial charge in [-0.1, -0.05) is 11.3 Å². The van der Waals surface area contributed by atoms with E-state index in [4.69, 9.17) is 4.74 Å². The second kappa shape index (κ2) is 9.72. The monoisotopic (exact) mass is 458 g/mol. The predicted octanol–water partition coefficient (Wildman–Crippen LogP) is 1.19. The molecule has 1 amide bonds. The normalized spacial score (nSPS) is 17.5.